The van der Waals surface area contributed by atoms with E-state index >= 15 is 0 Å². The highest BCUT2D eigenvalue weighted by atomic mass is 16.5. The van der Waals surface area contributed by atoms with Gasteiger partial charge in [0.1, 0.15) is 0 Å². The molecule has 0 unspecified atom stereocenters. The van der Waals surface area contributed by atoms with Crippen LogP contribution in [-0.4, -0.2) is 34.6 Å². The van der Waals surface area contributed by atoms with Crippen LogP contribution in [0.25, 0.3) is 0 Å². The van der Waals surface area contributed by atoms with E-state index in [1.807, 2.05) is 6.92 Å². The second-order valence-electron chi connectivity index (χ2n) is 5.47. The normalized spacial score (nSPS) is 18.2. The summed E-state index contributed by atoms with van der Waals surface area (Å²) in [5.74, 6) is 6.34. The molecule has 0 aromatic carbocycles. The number of rotatable bonds is 4. The second-order valence-corrected chi connectivity index (χ2v) is 5.47. The Morgan fingerprint density at radius 2 is 1.95 bits per heavy atom. The van der Waals surface area contributed by atoms with Crippen LogP contribution in [-0.2, 0) is 0 Å². The molecular formula is C12H22N6O. The van der Waals surface area contributed by atoms with Crippen LogP contribution in [0.1, 0.15) is 33.6 Å². The van der Waals surface area contributed by atoms with Crippen LogP contribution < -0.4 is 20.9 Å². The average molecular weight is 266 g/mol. The second kappa shape index (κ2) is 5.56. The Kier molecular flexibility index (Phi) is 4.04. The fourth-order valence-corrected chi connectivity index (χ4v) is 2.06. The summed E-state index contributed by atoms with van der Waals surface area (Å²) in [5, 5.41) is 0. The maximum absolute atomic E-state index is 5.38. The first-order chi connectivity index (χ1) is 9.04. The van der Waals surface area contributed by atoms with E-state index in [2.05, 4.69) is 39.1 Å². The topological polar surface area (TPSA) is 89.2 Å². The van der Waals surface area contributed by atoms with Gasteiger partial charge in [-0.15, -0.1) is 0 Å². The Hall–Kier alpha value is -1.63. The number of ether oxygens (including phenoxy) is 1. The monoisotopic (exact) mass is 266 g/mol. The zero-order valence-corrected chi connectivity index (χ0v) is 11.8. The van der Waals surface area contributed by atoms with Crippen molar-refractivity contribution in [3.8, 4) is 6.01 Å². The SMILES string of the molecule is CCOc1nc(NN)nc(N2CCC(C)(C)CC2)n1. The molecule has 2 rings (SSSR count). The first kappa shape index (κ1) is 13.8. The molecule has 0 saturated carbocycles. The number of nitrogen functional groups attached to an aromatic ring is 1. The lowest BCUT2D eigenvalue weighted by Gasteiger charge is -2.36. The zero-order chi connectivity index (χ0) is 13.9. The summed E-state index contributed by atoms with van der Waals surface area (Å²) in [4.78, 5) is 14.8. The molecule has 0 spiro atoms. The lowest BCUT2D eigenvalue weighted by atomic mass is 9.83. The van der Waals surface area contributed by atoms with E-state index < -0.39 is 0 Å². The maximum Gasteiger partial charge on any atom is 0.323 e. The molecule has 1 aromatic heterocycles. The van der Waals surface area contributed by atoms with Gasteiger partial charge in [-0.3, -0.25) is 5.43 Å². The first-order valence-electron chi connectivity index (χ1n) is 6.64. The van der Waals surface area contributed by atoms with Crippen LogP contribution >= 0.6 is 0 Å². The standard InChI is InChI=1S/C12H22N6O/c1-4-19-11-15-9(17-13)14-10(16-11)18-7-5-12(2,3)6-8-18/h4-8,13H2,1-3H3,(H,14,15,16,17). The van der Waals surface area contributed by atoms with Crippen molar-refractivity contribution in [3.05, 3.63) is 0 Å². The van der Waals surface area contributed by atoms with Gasteiger partial charge in [-0.25, -0.2) is 5.84 Å². The number of hydrogen-bond donors (Lipinski definition) is 2. The highest BCUT2D eigenvalue weighted by Crippen LogP contribution is 2.31. The molecule has 0 radical (unpaired) electrons. The van der Waals surface area contributed by atoms with Crippen LogP contribution in [0.4, 0.5) is 11.9 Å². The van der Waals surface area contributed by atoms with Gasteiger partial charge in [0.25, 0.3) is 0 Å². The average Bonchev–Trinajstić information content (AvgIpc) is 2.38. The molecule has 1 fully saturated rings. The summed E-state index contributed by atoms with van der Waals surface area (Å²) >= 11 is 0. The highest BCUT2D eigenvalue weighted by molar-refractivity contribution is 5.38. The van der Waals surface area contributed by atoms with Gasteiger partial charge >= 0.3 is 6.01 Å². The van der Waals surface area contributed by atoms with Crippen molar-refractivity contribution in [1.82, 2.24) is 15.0 Å². The van der Waals surface area contributed by atoms with E-state index in [-0.39, 0.29) is 0 Å². The summed E-state index contributed by atoms with van der Waals surface area (Å²) in [7, 11) is 0. The molecule has 7 heteroatoms. The number of aromatic nitrogens is 3. The van der Waals surface area contributed by atoms with Gasteiger partial charge in [-0.2, -0.15) is 15.0 Å². The predicted octanol–water partition coefficient (Wildman–Crippen LogP) is 1.18. The lowest BCUT2D eigenvalue weighted by molar-refractivity contribution is 0.276. The van der Waals surface area contributed by atoms with E-state index in [0.29, 0.717) is 29.9 Å². The van der Waals surface area contributed by atoms with Crippen molar-refractivity contribution in [2.24, 2.45) is 11.3 Å². The molecule has 106 valence electrons. The minimum Gasteiger partial charge on any atom is -0.464 e. The molecule has 2 heterocycles. The number of nitrogens with zero attached hydrogens (tertiary/aromatic N) is 4. The molecule has 1 aliphatic rings. The van der Waals surface area contributed by atoms with E-state index in [0.717, 1.165) is 25.9 Å². The quantitative estimate of drug-likeness (QED) is 0.624. The van der Waals surface area contributed by atoms with Crippen molar-refractivity contribution in [2.45, 2.75) is 33.6 Å². The van der Waals surface area contributed by atoms with Gasteiger partial charge in [0.15, 0.2) is 0 Å². The molecule has 3 N–H and O–H groups in total. The minimum absolute atomic E-state index is 0.310. The number of nitrogens with two attached hydrogens (primary N) is 1. The Balaban J connectivity index is 2.17. The summed E-state index contributed by atoms with van der Waals surface area (Å²) in [6.45, 7) is 8.86. The van der Waals surface area contributed by atoms with Crippen molar-refractivity contribution < 1.29 is 4.74 Å². The van der Waals surface area contributed by atoms with Gasteiger partial charge in [0, 0.05) is 13.1 Å². The molecule has 0 amide bonds. The van der Waals surface area contributed by atoms with Gasteiger partial charge < -0.3 is 9.64 Å². The molecule has 0 aliphatic carbocycles. The smallest absolute Gasteiger partial charge is 0.323 e. The van der Waals surface area contributed by atoms with Crippen molar-refractivity contribution >= 4 is 11.9 Å². The Morgan fingerprint density at radius 3 is 2.53 bits per heavy atom. The van der Waals surface area contributed by atoms with E-state index in [4.69, 9.17) is 10.6 Å². The molecule has 19 heavy (non-hydrogen) atoms. The fraction of sp³-hybridized carbons (Fsp3) is 0.750. The Labute approximate surface area is 113 Å². The largest absolute Gasteiger partial charge is 0.464 e. The van der Waals surface area contributed by atoms with Crippen LogP contribution in [0.15, 0.2) is 0 Å². The zero-order valence-electron chi connectivity index (χ0n) is 11.8. The molecular weight excluding hydrogens is 244 g/mol. The van der Waals surface area contributed by atoms with Crippen LogP contribution in [0, 0.1) is 5.41 Å². The number of anilines is 2. The number of hydrogen-bond acceptors (Lipinski definition) is 7. The molecule has 0 atom stereocenters. The van der Waals surface area contributed by atoms with Crippen LogP contribution in [0.2, 0.25) is 0 Å². The summed E-state index contributed by atoms with van der Waals surface area (Å²) in [6.07, 6.45) is 2.24. The van der Waals surface area contributed by atoms with E-state index in [9.17, 15) is 0 Å². The third-order valence-corrected chi connectivity index (χ3v) is 3.41. The third-order valence-electron chi connectivity index (χ3n) is 3.41. The van der Waals surface area contributed by atoms with Crippen molar-refractivity contribution in [2.75, 3.05) is 30.0 Å². The van der Waals surface area contributed by atoms with Gasteiger partial charge in [0.2, 0.25) is 11.9 Å². The molecule has 1 saturated heterocycles. The summed E-state index contributed by atoms with van der Waals surface area (Å²) < 4.78 is 5.34. The van der Waals surface area contributed by atoms with Crippen molar-refractivity contribution in [1.29, 1.82) is 0 Å². The third kappa shape index (κ3) is 3.44. The van der Waals surface area contributed by atoms with Crippen molar-refractivity contribution in [3.63, 3.8) is 0 Å². The fourth-order valence-electron chi connectivity index (χ4n) is 2.06. The highest BCUT2D eigenvalue weighted by Gasteiger charge is 2.27. The Bertz CT molecular complexity index is 426. The predicted molar refractivity (Wildman–Crippen MR) is 74.0 cm³/mol. The van der Waals surface area contributed by atoms with Gasteiger partial charge in [0.05, 0.1) is 6.61 Å². The minimum atomic E-state index is 0.310. The number of nitrogens with one attached hydrogen (secondary N) is 1. The van der Waals surface area contributed by atoms with E-state index in [1.165, 1.54) is 0 Å². The Morgan fingerprint density at radius 1 is 1.26 bits per heavy atom. The molecule has 1 aromatic rings. The lowest BCUT2D eigenvalue weighted by Crippen LogP contribution is -2.38. The van der Waals surface area contributed by atoms with Crippen LogP contribution in [0.3, 0.4) is 0 Å². The van der Waals surface area contributed by atoms with Crippen LogP contribution in [0.5, 0.6) is 6.01 Å². The summed E-state index contributed by atoms with van der Waals surface area (Å²) in [6, 6.07) is 0.310. The molecule has 0 bridgehead atoms. The van der Waals surface area contributed by atoms with Gasteiger partial charge in [-0.1, -0.05) is 13.8 Å². The maximum atomic E-state index is 5.38. The molecule has 1 aliphatic heterocycles. The van der Waals surface area contributed by atoms with E-state index in [1.54, 1.807) is 0 Å². The first-order valence-corrected chi connectivity index (χ1v) is 6.64. The number of piperidine rings is 1. The molecule has 7 nitrogen and oxygen atoms in total. The van der Waals surface area contributed by atoms with Gasteiger partial charge in [-0.05, 0) is 25.2 Å². The summed E-state index contributed by atoms with van der Waals surface area (Å²) in [5.41, 5.74) is 2.84. The number of hydrazine groups is 1.